The van der Waals surface area contributed by atoms with Gasteiger partial charge in [0.25, 0.3) is 0 Å². The van der Waals surface area contributed by atoms with Crippen molar-refractivity contribution in [3.05, 3.63) is 29.1 Å². The van der Waals surface area contributed by atoms with Crippen LogP contribution in [0.4, 0.5) is 4.39 Å². The summed E-state index contributed by atoms with van der Waals surface area (Å²) in [4.78, 5) is 15.4. The normalized spacial score (nSPS) is 13.2. The molecule has 0 fully saturated rings. The molecule has 2 aromatic rings. The number of alkyl halides is 1. The first-order valence-corrected chi connectivity index (χ1v) is 4.35. The molecule has 0 spiro atoms. The maximum absolute atomic E-state index is 12.0. The molecule has 1 unspecified atom stereocenters. The topological polar surface area (TPSA) is 72.4 Å². The molecule has 2 aromatic heterocycles. The predicted octanol–water partition coefficient (Wildman–Crippen LogP) is -0.779. The Kier molecular flexibility index (Phi) is 2.46. The average Bonchev–Trinajstić information content (AvgIpc) is 2.57. The molecular weight excluding hydrogens is 203 g/mol. The van der Waals surface area contributed by atoms with Gasteiger partial charge < -0.3 is 5.11 Å². The van der Waals surface area contributed by atoms with Crippen LogP contribution >= 0.6 is 0 Å². The molecule has 2 rings (SSSR count). The van der Waals surface area contributed by atoms with Gasteiger partial charge in [-0.25, -0.2) is 18.3 Å². The van der Waals surface area contributed by atoms with Crippen LogP contribution < -0.4 is 5.69 Å². The van der Waals surface area contributed by atoms with Crippen LogP contribution in [-0.4, -0.2) is 37.1 Å². The van der Waals surface area contributed by atoms with E-state index >= 15 is 0 Å². The summed E-state index contributed by atoms with van der Waals surface area (Å²) in [6.45, 7) is -1.06. The fourth-order valence-corrected chi connectivity index (χ4v) is 1.25. The second-order valence-corrected chi connectivity index (χ2v) is 3.08. The summed E-state index contributed by atoms with van der Waals surface area (Å²) in [5.41, 5.74) is -0.0477. The van der Waals surface area contributed by atoms with Gasteiger partial charge >= 0.3 is 5.69 Å². The number of aromatic nitrogens is 4. The Hall–Kier alpha value is -1.76. The summed E-state index contributed by atoms with van der Waals surface area (Å²) in [5.74, 6) is 0. The second-order valence-electron chi connectivity index (χ2n) is 3.08. The van der Waals surface area contributed by atoms with Crippen molar-refractivity contribution in [2.24, 2.45) is 0 Å². The molecule has 0 radical (unpaired) electrons. The van der Waals surface area contributed by atoms with Gasteiger partial charge in [0.15, 0.2) is 5.65 Å². The van der Waals surface area contributed by atoms with Gasteiger partial charge in [0.2, 0.25) is 0 Å². The van der Waals surface area contributed by atoms with Crippen LogP contribution in [0.2, 0.25) is 0 Å². The quantitative estimate of drug-likeness (QED) is 0.724. The van der Waals surface area contributed by atoms with Gasteiger partial charge in [-0.2, -0.15) is 0 Å². The molecule has 0 aliphatic heterocycles. The van der Waals surface area contributed by atoms with Gasteiger partial charge in [-0.15, -0.1) is 5.10 Å². The Balaban J connectivity index is 2.45. The van der Waals surface area contributed by atoms with Gasteiger partial charge in [-0.1, -0.05) is 0 Å². The zero-order valence-electron chi connectivity index (χ0n) is 7.75. The number of halogens is 1. The monoisotopic (exact) mass is 212 g/mol. The Morgan fingerprint density at radius 1 is 1.60 bits per heavy atom. The van der Waals surface area contributed by atoms with Crippen molar-refractivity contribution in [3.8, 4) is 0 Å². The van der Waals surface area contributed by atoms with Crippen molar-refractivity contribution in [1.82, 2.24) is 19.2 Å². The summed E-state index contributed by atoms with van der Waals surface area (Å²) >= 11 is 0. The number of aliphatic hydroxyl groups excluding tert-OH is 1. The summed E-state index contributed by atoms with van der Waals surface area (Å²) in [7, 11) is 0. The molecule has 0 aromatic carbocycles. The van der Waals surface area contributed by atoms with Crippen molar-refractivity contribution >= 4 is 5.65 Å². The van der Waals surface area contributed by atoms with E-state index in [1.165, 1.54) is 23.0 Å². The van der Waals surface area contributed by atoms with E-state index in [0.29, 0.717) is 5.65 Å². The Bertz CT molecular complexity index is 521. The lowest BCUT2D eigenvalue weighted by molar-refractivity contribution is 0.117. The fraction of sp³-hybridized carbons (Fsp3) is 0.375. The van der Waals surface area contributed by atoms with E-state index in [4.69, 9.17) is 5.11 Å². The summed E-state index contributed by atoms with van der Waals surface area (Å²) in [6.07, 6.45) is 3.12. The second kappa shape index (κ2) is 3.77. The molecule has 0 bridgehead atoms. The largest absolute Gasteiger partial charge is 0.388 e. The van der Waals surface area contributed by atoms with Crippen molar-refractivity contribution in [2.45, 2.75) is 12.6 Å². The van der Waals surface area contributed by atoms with Gasteiger partial charge in [-0.3, -0.25) is 4.98 Å². The highest BCUT2D eigenvalue weighted by molar-refractivity contribution is 5.31. The van der Waals surface area contributed by atoms with E-state index in [1.54, 1.807) is 0 Å². The third-order valence-electron chi connectivity index (χ3n) is 1.95. The highest BCUT2D eigenvalue weighted by atomic mass is 19.1. The third-order valence-corrected chi connectivity index (χ3v) is 1.95. The van der Waals surface area contributed by atoms with E-state index in [0.717, 1.165) is 4.68 Å². The van der Waals surface area contributed by atoms with Crippen LogP contribution in [0.1, 0.15) is 0 Å². The Morgan fingerprint density at radius 2 is 2.40 bits per heavy atom. The lowest BCUT2D eigenvalue weighted by Gasteiger charge is -2.02. The highest BCUT2D eigenvalue weighted by Crippen LogP contribution is 1.94. The number of hydrogen-bond donors (Lipinski definition) is 1. The molecule has 0 amide bonds. The standard InChI is InChI=1S/C8H9FN4O2/c9-3-6(14)5-13-8(15)12-2-1-10-4-7(12)11-13/h1-2,4,6,14H,3,5H2. The molecule has 80 valence electrons. The number of nitrogens with zero attached hydrogens (tertiary/aromatic N) is 4. The van der Waals surface area contributed by atoms with Crippen molar-refractivity contribution in [1.29, 1.82) is 0 Å². The molecule has 0 aliphatic carbocycles. The highest BCUT2D eigenvalue weighted by Gasteiger charge is 2.10. The first-order chi connectivity index (χ1) is 7.22. The fourth-order valence-electron chi connectivity index (χ4n) is 1.25. The number of aliphatic hydroxyl groups is 1. The van der Waals surface area contributed by atoms with Crippen molar-refractivity contribution in [2.75, 3.05) is 6.67 Å². The average molecular weight is 212 g/mol. The molecule has 7 heteroatoms. The predicted molar refractivity (Wildman–Crippen MR) is 49.2 cm³/mol. The molecule has 0 saturated heterocycles. The smallest absolute Gasteiger partial charge is 0.350 e. The molecule has 0 saturated carbocycles. The lowest BCUT2D eigenvalue weighted by atomic mass is 10.4. The van der Waals surface area contributed by atoms with Gasteiger partial charge in [0, 0.05) is 12.4 Å². The third kappa shape index (κ3) is 1.73. The van der Waals surface area contributed by atoms with Gasteiger partial charge in [0.05, 0.1) is 12.7 Å². The Morgan fingerprint density at radius 3 is 3.07 bits per heavy atom. The van der Waals surface area contributed by atoms with Crippen LogP contribution in [-0.2, 0) is 6.54 Å². The van der Waals surface area contributed by atoms with E-state index in [1.807, 2.05) is 0 Å². The number of rotatable bonds is 3. The van der Waals surface area contributed by atoms with Crippen molar-refractivity contribution < 1.29 is 9.50 Å². The number of fused-ring (bicyclic) bond motifs is 1. The molecule has 6 nitrogen and oxygen atoms in total. The van der Waals surface area contributed by atoms with Crippen LogP contribution in [0.5, 0.6) is 0 Å². The van der Waals surface area contributed by atoms with Gasteiger partial charge in [-0.05, 0) is 0 Å². The number of hydrogen-bond acceptors (Lipinski definition) is 4. The first-order valence-electron chi connectivity index (χ1n) is 4.35. The van der Waals surface area contributed by atoms with E-state index in [9.17, 15) is 9.18 Å². The molecular formula is C8H9FN4O2. The SMILES string of the molecule is O=c1n(CC(O)CF)nc2cnccn12. The maximum atomic E-state index is 12.0. The van der Waals surface area contributed by atoms with Crippen molar-refractivity contribution in [3.63, 3.8) is 0 Å². The zero-order chi connectivity index (χ0) is 10.8. The summed E-state index contributed by atoms with van der Waals surface area (Å²) in [6, 6.07) is 0. The zero-order valence-corrected chi connectivity index (χ0v) is 7.75. The summed E-state index contributed by atoms with van der Waals surface area (Å²) < 4.78 is 14.3. The van der Waals surface area contributed by atoms with E-state index < -0.39 is 18.5 Å². The lowest BCUT2D eigenvalue weighted by Crippen LogP contribution is -2.28. The maximum Gasteiger partial charge on any atom is 0.350 e. The first kappa shape index (κ1) is 9.78. The molecule has 0 aliphatic rings. The van der Waals surface area contributed by atoms with Gasteiger partial charge in [0.1, 0.15) is 12.8 Å². The van der Waals surface area contributed by atoms with Crippen LogP contribution in [0.15, 0.2) is 23.4 Å². The van der Waals surface area contributed by atoms with E-state index in [2.05, 4.69) is 10.1 Å². The minimum absolute atomic E-state index is 0.156. The van der Waals surface area contributed by atoms with Crippen LogP contribution in [0, 0.1) is 0 Å². The van der Waals surface area contributed by atoms with Crippen LogP contribution in [0.3, 0.4) is 0 Å². The molecule has 15 heavy (non-hydrogen) atoms. The minimum atomic E-state index is -1.21. The Labute approximate surface area is 83.6 Å². The minimum Gasteiger partial charge on any atom is -0.388 e. The van der Waals surface area contributed by atoms with E-state index in [-0.39, 0.29) is 6.54 Å². The molecule has 1 N–H and O–H groups in total. The molecule has 1 atom stereocenters. The van der Waals surface area contributed by atoms with Crippen LogP contribution in [0.25, 0.3) is 5.65 Å². The molecule has 2 heterocycles. The summed E-state index contributed by atoms with van der Waals surface area (Å²) in [5, 5.41) is 12.9.